The first-order valence-corrected chi connectivity index (χ1v) is 15.2. The Morgan fingerprint density at radius 1 is 0.955 bits per heavy atom. The minimum atomic E-state index is -6.26. The van der Waals surface area contributed by atoms with Crippen LogP contribution in [0.25, 0.3) is 0 Å². The number of amides is 1. The predicted octanol–water partition coefficient (Wildman–Crippen LogP) is 8.30. The summed E-state index contributed by atoms with van der Waals surface area (Å²) in [6.45, 7) is 11.3. The number of aliphatic hydroxyl groups excluding tert-OH is 1. The zero-order valence-electron chi connectivity index (χ0n) is 24.9. The monoisotopic (exact) mass is 657 g/mol. The number of benzene rings is 1. The lowest BCUT2D eigenvalue weighted by atomic mass is 9.82. The Morgan fingerprint density at radius 3 is 1.89 bits per heavy atom. The van der Waals surface area contributed by atoms with Crippen molar-refractivity contribution in [3.63, 3.8) is 0 Å². The van der Waals surface area contributed by atoms with Crippen LogP contribution in [0.15, 0.2) is 60.3 Å². The Balaban J connectivity index is 0.00000232. The zero-order valence-corrected chi connectivity index (χ0v) is 25.7. The minimum absolute atomic E-state index is 0.0220. The molecule has 0 spiro atoms. The number of aldehydes is 1. The third kappa shape index (κ3) is 8.26. The number of rotatable bonds is 8. The summed E-state index contributed by atoms with van der Waals surface area (Å²) in [6.07, 6.45) is -6.89. The van der Waals surface area contributed by atoms with Crippen molar-refractivity contribution in [2.75, 3.05) is 20.2 Å². The molecule has 4 nitrogen and oxygen atoms in total. The lowest BCUT2D eigenvalue weighted by molar-refractivity contribution is -0.348. The molecule has 1 unspecified atom stereocenters. The SMILES string of the molecule is C=C(F)/C=C\C(=C)S(=C)[C@@]1(c2ccc(C(F)(C(F)(F)F)C(F)(F)F)cc2)CCN(C(=O)C2CCC(C=O)CC2)C1.CC.CO. The van der Waals surface area contributed by atoms with Crippen LogP contribution in [0.5, 0.6) is 0 Å². The molecule has 1 aliphatic heterocycles. The molecule has 1 aromatic rings. The van der Waals surface area contributed by atoms with Crippen LogP contribution in [0, 0.1) is 11.8 Å². The lowest BCUT2D eigenvalue weighted by Crippen LogP contribution is -2.50. The number of likely N-dealkylation sites (tertiary alicyclic amines) is 1. The van der Waals surface area contributed by atoms with Crippen LogP contribution in [-0.4, -0.2) is 60.6 Å². The number of hydrogen-bond acceptors (Lipinski definition) is 3. The van der Waals surface area contributed by atoms with Gasteiger partial charge in [0.05, 0.1) is 4.75 Å². The second kappa shape index (κ2) is 16.0. The molecule has 0 bridgehead atoms. The van der Waals surface area contributed by atoms with Gasteiger partial charge in [-0.15, -0.1) is 10.5 Å². The number of nitrogens with zero attached hydrogens (tertiary/aromatic N) is 1. The topological polar surface area (TPSA) is 57.6 Å². The van der Waals surface area contributed by atoms with E-state index in [-0.39, 0.29) is 42.8 Å². The second-order valence-electron chi connectivity index (χ2n) is 10.1. The molecule has 13 heteroatoms. The van der Waals surface area contributed by atoms with Crippen molar-refractivity contribution in [1.82, 2.24) is 4.90 Å². The molecule has 44 heavy (non-hydrogen) atoms. The van der Waals surface area contributed by atoms with Crippen LogP contribution in [0.3, 0.4) is 0 Å². The molecule has 2 aliphatic rings. The van der Waals surface area contributed by atoms with Crippen LogP contribution in [0.4, 0.5) is 35.1 Å². The molecule has 1 saturated carbocycles. The first-order chi connectivity index (χ1) is 20.5. The van der Waals surface area contributed by atoms with Gasteiger partial charge in [-0.25, -0.2) is 8.78 Å². The van der Waals surface area contributed by atoms with E-state index >= 15 is 0 Å². The maximum absolute atomic E-state index is 14.6. The summed E-state index contributed by atoms with van der Waals surface area (Å²) in [5.41, 5.74) is -6.96. The van der Waals surface area contributed by atoms with Crippen molar-refractivity contribution >= 4 is 28.5 Å². The molecule has 1 N–H and O–H groups in total. The summed E-state index contributed by atoms with van der Waals surface area (Å²) in [4.78, 5) is 26.3. The van der Waals surface area contributed by atoms with Gasteiger partial charge in [0.15, 0.2) is 0 Å². The predicted molar refractivity (Wildman–Crippen MR) is 158 cm³/mol. The highest BCUT2D eigenvalue weighted by atomic mass is 32.2. The summed E-state index contributed by atoms with van der Waals surface area (Å²) in [7, 11) is -0.145. The van der Waals surface area contributed by atoms with Crippen molar-refractivity contribution in [1.29, 1.82) is 0 Å². The summed E-state index contributed by atoms with van der Waals surface area (Å²) in [5, 5.41) is 7.00. The molecule has 2 fully saturated rings. The second-order valence-corrected chi connectivity index (χ2v) is 12.2. The Labute approximate surface area is 255 Å². The molecule has 1 aromatic carbocycles. The largest absolute Gasteiger partial charge is 0.435 e. The van der Waals surface area contributed by atoms with Gasteiger partial charge >= 0.3 is 18.0 Å². The molecule has 3 rings (SSSR count). The highest BCUT2D eigenvalue weighted by Crippen LogP contribution is 2.55. The lowest BCUT2D eigenvalue weighted by Gasteiger charge is -2.35. The summed E-state index contributed by atoms with van der Waals surface area (Å²) in [5.74, 6) is 2.75. The third-order valence-electron chi connectivity index (χ3n) is 7.69. The van der Waals surface area contributed by atoms with Crippen LogP contribution in [-0.2, 0) is 20.0 Å². The third-order valence-corrected chi connectivity index (χ3v) is 9.97. The van der Waals surface area contributed by atoms with Crippen molar-refractivity contribution in [3.05, 3.63) is 71.4 Å². The number of allylic oxidation sites excluding steroid dienone is 3. The highest BCUT2D eigenvalue weighted by molar-refractivity contribution is 8.18. The fourth-order valence-corrected chi connectivity index (χ4v) is 7.12. The standard InChI is InChI=1S/C28H29F8NO2S.C2H6.CH4O/c1-18(29)4-5-19(2)40(3)25(14-15-37(17-25)24(39)21-8-6-20(16-38)7-9-21)22-10-12-23(13-11-22)26(30,27(31,32)33)28(34,35)36;2*1-2/h4-5,10-13,16,20-21H,1-3,6-9,14-15,17H2;1-2H3;2H,1H3/b5-4-;;/t20?,21?,25-,40?;;/m0../s1. The number of alkyl halides is 7. The highest BCUT2D eigenvalue weighted by Gasteiger charge is 2.73. The minimum Gasteiger partial charge on any atom is -0.400 e. The van der Waals surface area contributed by atoms with Crippen LogP contribution >= 0.6 is 10.5 Å². The summed E-state index contributed by atoms with van der Waals surface area (Å²) < 4.78 is 107. The first kappa shape index (κ1) is 39.2. The molecular weight excluding hydrogens is 618 g/mol. The molecular formula is C31H39F8NO3S. The Hall–Kier alpha value is -2.80. The average Bonchev–Trinajstić information content (AvgIpc) is 3.46. The van der Waals surface area contributed by atoms with Gasteiger partial charge in [-0.05, 0) is 54.7 Å². The number of aliphatic hydroxyl groups is 1. The molecule has 248 valence electrons. The number of carbonyl (C=O) groups is 2. The van der Waals surface area contributed by atoms with E-state index in [1.165, 1.54) is 6.08 Å². The van der Waals surface area contributed by atoms with Crippen molar-refractivity contribution in [3.8, 4) is 0 Å². The van der Waals surface area contributed by atoms with E-state index in [0.717, 1.165) is 31.6 Å². The van der Waals surface area contributed by atoms with Crippen molar-refractivity contribution in [2.45, 2.75) is 68.7 Å². The molecule has 1 amide bonds. The number of hydrogen-bond donors (Lipinski definition) is 1. The van der Waals surface area contributed by atoms with Gasteiger partial charge in [0.1, 0.15) is 12.1 Å². The molecule has 0 aromatic heterocycles. The first-order valence-electron chi connectivity index (χ1n) is 13.9. The Morgan fingerprint density at radius 2 is 1.45 bits per heavy atom. The quantitative estimate of drug-likeness (QED) is 0.133. The molecule has 2 atom stereocenters. The Kier molecular flexibility index (Phi) is 14.2. The van der Waals surface area contributed by atoms with Crippen LogP contribution in [0.1, 0.15) is 57.1 Å². The van der Waals surface area contributed by atoms with Gasteiger partial charge in [0.25, 0.3) is 0 Å². The van der Waals surface area contributed by atoms with Crippen molar-refractivity contribution in [2.24, 2.45) is 11.8 Å². The van der Waals surface area contributed by atoms with Crippen LogP contribution < -0.4 is 0 Å². The van der Waals surface area contributed by atoms with Gasteiger partial charge in [0, 0.05) is 37.6 Å². The fourth-order valence-electron chi connectivity index (χ4n) is 5.32. The average molecular weight is 658 g/mol. The Bertz CT molecular complexity index is 1190. The molecule has 1 saturated heterocycles. The van der Waals surface area contributed by atoms with Gasteiger partial charge in [-0.2, -0.15) is 26.3 Å². The summed E-state index contributed by atoms with van der Waals surface area (Å²) in [6, 6.07) is 2.87. The molecule has 1 aliphatic carbocycles. The maximum Gasteiger partial charge on any atom is 0.435 e. The molecule has 0 radical (unpaired) electrons. The number of halogens is 8. The van der Waals surface area contributed by atoms with E-state index in [4.69, 9.17) is 5.11 Å². The van der Waals surface area contributed by atoms with E-state index in [1.807, 2.05) is 13.8 Å². The van der Waals surface area contributed by atoms with Gasteiger partial charge in [-0.3, -0.25) is 4.79 Å². The smallest absolute Gasteiger partial charge is 0.400 e. The van der Waals surface area contributed by atoms with Gasteiger partial charge < -0.3 is 14.8 Å². The number of carbonyl (C=O) groups excluding carboxylic acids is 2. The maximum atomic E-state index is 14.6. The normalized spacial score (nSPS) is 23.1. The fraction of sp³-hybridized carbons (Fsp3) is 0.516. The van der Waals surface area contributed by atoms with E-state index in [9.17, 15) is 44.7 Å². The summed E-state index contributed by atoms with van der Waals surface area (Å²) >= 11 is 0. The van der Waals surface area contributed by atoms with Gasteiger partial charge in [-0.1, -0.05) is 57.1 Å². The van der Waals surface area contributed by atoms with E-state index in [2.05, 4.69) is 19.0 Å². The van der Waals surface area contributed by atoms with E-state index < -0.39 is 44.6 Å². The van der Waals surface area contributed by atoms with Gasteiger partial charge in [0.2, 0.25) is 5.91 Å². The van der Waals surface area contributed by atoms with Crippen LogP contribution in [0.2, 0.25) is 0 Å². The van der Waals surface area contributed by atoms with E-state index in [1.54, 1.807) is 4.90 Å². The zero-order chi connectivity index (χ0) is 34.1. The van der Waals surface area contributed by atoms with E-state index in [0.29, 0.717) is 42.7 Å². The molecule has 1 heterocycles. The van der Waals surface area contributed by atoms with Crippen molar-refractivity contribution < 1.29 is 49.8 Å².